The van der Waals surface area contributed by atoms with Gasteiger partial charge in [-0.1, -0.05) is 18.5 Å². The Morgan fingerprint density at radius 3 is 1.49 bits per heavy atom. The highest BCUT2D eigenvalue weighted by Crippen LogP contribution is 2.30. The second-order valence-corrected chi connectivity index (χ2v) is 18.2. The monoisotopic (exact) mass is 1150 g/mol. The van der Waals surface area contributed by atoms with Gasteiger partial charge in [0, 0.05) is 62.8 Å². The highest BCUT2D eigenvalue weighted by molar-refractivity contribution is 6.29. The third kappa shape index (κ3) is 17.9. The molecule has 0 radical (unpaired) electrons. The minimum atomic E-state index is -5.08. The number of benzene rings is 2. The van der Waals surface area contributed by atoms with Gasteiger partial charge in [-0.25, -0.2) is 34.1 Å². The number of ether oxygens (including phenoxy) is 2. The number of aliphatic carboxylic acids is 1. The summed E-state index contributed by atoms with van der Waals surface area (Å²) >= 11 is 5.90. The number of alkyl halides is 9. The number of carboxylic acid groups (broad SMARTS) is 1. The van der Waals surface area contributed by atoms with Gasteiger partial charge in [0.25, 0.3) is 11.8 Å². The highest BCUT2D eigenvalue weighted by atomic mass is 35.5. The molecule has 0 spiro atoms. The number of pyridine rings is 2. The van der Waals surface area contributed by atoms with Gasteiger partial charge in [0.15, 0.2) is 0 Å². The zero-order chi connectivity index (χ0) is 57.8. The maximum absolute atomic E-state index is 12.4. The Kier molecular flexibility index (Phi) is 19.4. The van der Waals surface area contributed by atoms with E-state index in [1.165, 1.54) is 49.5 Å². The summed E-state index contributed by atoms with van der Waals surface area (Å²) in [5, 5.41) is 35.5. The molecule has 2 fully saturated rings. The van der Waals surface area contributed by atoms with E-state index in [1.807, 2.05) is 25.3 Å². The molecule has 2 aromatic carbocycles. The fraction of sp³-hybridized carbons (Fsp3) is 0.367. The van der Waals surface area contributed by atoms with Gasteiger partial charge in [0.2, 0.25) is 23.4 Å². The van der Waals surface area contributed by atoms with Crippen molar-refractivity contribution < 1.29 is 67.7 Å². The van der Waals surface area contributed by atoms with Crippen LogP contribution in [-0.4, -0.2) is 141 Å². The van der Waals surface area contributed by atoms with E-state index in [0.29, 0.717) is 41.0 Å². The summed E-state index contributed by atoms with van der Waals surface area (Å²) in [5.74, 6) is 0.475. The largest absolute Gasteiger partial charge is 0.573 e. The molecule has 31 heteroatoms. The first-order valence-corrected chi connectivity index (χ1v) is 24.4. The predicted octanol–water partition coefficient (Wildman–Crippen LogP) is 9.34. The van der Waals surface area contributed by atoms with Crippen molar-refractivity contribution in [3.8, 4) is 57.8 Å². The highest BCUT2D eigenvalue weighted by Gasteiger charge is 2.38. The second-order valence-electron chi connectivity index (χ2n) is 17.8. The van der Waals surface area contributed by atoms with Crippen LogP contribution in [0.15, 0.2) is 94.0 Å². The Morgan fingerprint density at radius 1 is 0.662 bits per heavy atom. The molecule has 6 aromatic heterocycles. The number of anilines is 1. The van der Waals surface area contributed by atoms with Crippen molar-refractivity contribution in [3.05, 3.63) is 113 Å². The summed E-state index contributed by atoms with van der Waals surface area (Å²) < 4.78 is 128. The Morgan fingerprint density at radius 2 is 1.09 bits per heavy atom. The molecule has 0 bridgehead atoms. The van der Waals surface area contributed by atoms with E-state index in [4.69, 9.17) is 30.3 Å². The van der Waals surface area contributed by atoms with Crippen LogP contribution in [0.3, 0.4) is 0 Å². The Bertz CT molecular complexity index is 3260. The summed E-state index contributed by atoms with van der Waals surface area (Å²) in [6.07, 6.45) is -8.87. The normalized spacial score (nSPS) is 14.2. The lowest BCUT2D eigenvalue weighted by molar-refractivity contribution is -0.275. The molecule has 2 aliphatic rings. The van der Waals surface area contributed by atoms with Crippen LogP contribution in [-0.2, 0) is 17.9 Å². The molecule has 2 N–H and O–H groups in total. The van der Waals surface area contributed by atoms with Crippen molar-refractivity contribution in [1.82, 2.24) is 70.1 Å². The number of hydrogen-bond donors (Lipinski definition) is 2. The number of halogens is 10. The number of likely N-dealkylation sites (N-methyl/N-ethyl adjacent to an activating group) is 1. The van der Waals surface area contributed by atoms with E-state index in [1.54, 1.807) is 28.6 Å². The first kappa shape index (κ1) is 59.4. The molecular weight excluding hydrogens is 1100 g/mol. The van der Waals surface area contributed by atoms with Crippen LogP contribution in [0.5, 0.6) is 11.5 Å². The molecule has 8 aromatic rings. The standard InChI is InChI=1S/C24H24F3N7O2.C18H12ClF3N6O2.C5H12N2.C2HF3O2/c1-15-8-11-33(12-9-15)20-13-17(7-10-28-20)14-34-16(2)29-21(32-34)23-31-30-22(35-23)18-3-5-19(6-4-18)36-24(25,26)27;1-10-24-15(27-28(10)9-11-6-7-23-14(19)8-11)17-26-25-16(29-17)12-2-4-13(5-3-12)30-18(20,21)22;1-7-4-2-6-3-5-7;3-2(4,5)1(6)7/h3-7,10,13,15H,8-9,11-12,14H2,1-2H3;2-8H,9H2,1H3;6H,2-5H2,1H3;(H,6,7). The summed E-state index contributed by atoms with van der Waals surface area (Å²) in [4.78, 5) is 30.8. The number of nitrogens with zero attached hydrogens (tertiary/aromatic N) is 14. The van der Waals surface area contributed by atoms with Crippen LogP contribution >= 0.6 is 11.6 Å². The molecule has 2 saturated heterocycles. The van der Waals surface area contributed by atoms with E-state index in [2.05, 4.69) is 95.2 Å². The van der Waals surface area contributed by atoms with Crippen molar-refractivity contribution in [2.75, 3.05) is 51.2 Å². The molecule has 10 rings (SSSR count). The number of aromatic nitrogens is 12. The number of piperazine rings is 1. The number of aryl methyl sites for hydroxylation is 2. The molecule has 0 atom stereocenters. The average molecular weight is 1150 g/mol. The molecule has 80 heavy (non-hydrogen) atoms. The molecule has 21 nitrogen and oxygen atoms in total. The van der Waals surface area contributed by atoms with E-state index < -0.39 is 24.9 Å². The lowest BCUT2D eigenvalue weighted by Gasteiger charge is -2.31. The molecular formula is C49H49ClF9N15O6. The van der Waals surface area contributed by atoms with Gasteiger partial charge in [-0.2, -0.15) is 13.2 Å². The van der Waals surface area contributed by atoms with Crippen LogP contribution in [0.4, 0.5) is 45.3 Å². The van der Waals surface area contributed by atoms with Crippen molar-refractivity contribution in [1.29, 1.82) is 0 Å². The molecule has 8 heterocycles. The molecule has 2 aliphatic heterocycles. The summed E-state index contributed by atoms with van der Waals surface area (Å²) in [6.45, 7) is 13.6. The Hall–Kier alpha value is -8.25. The van der Waals surface area contributed by atoms with Crippen molar-refractivity contribution in [2.45, 2.75) is 65.6 Å². The van der Waals surface area contributed by atoms with Crippen LogP contribution in [0.25, 0.3) is 46.3 Å². The maximum atomic E-state index is 12.4. The quantitative estimate of drug-likeness (QED) is 0.0905. The molecule has 0 aliphatic carbocycles. The van der Waals surface area contributed by atoms with E-state index >= 15 is 0 Å². The van der Waals surface area contributed by atoms with Crippen LogP contribution in [0.2, 0.25) is 5.15 Å². The minimum absolute atomic E-state index is 0.0789. The van der Waals surface area contributed by atoms with E-state index in [0.717, 1.165) is 74.0 Å². The first-order chi connectivity index (χ1) is 37.8. The Balaban J connectivity index is 0.000000188. The van der Waals surface area contributed by atoms with Gasteiger partial charge >= 0.3 is 24.9 Å². The van der Waals surface area contributed by atoms with Crippen molar-refractivity contribution in [3.63, 3.8) is 0 Å². The van der Waals surface area contributed by atoms with Crippen LogP contribution in [0, 0.1) is 19.8 Å². The fourth-order valence-electron chi connectivity index (χ4n) is 7.41. The topological polar surface area (TPSA) is 239 Å². The first-order valence-electron chi connectivity index (χ1n) is 24.1. The van der Waals surface area contributed by atoms with Gasteiger partial charge in [0.05, 0.1) is 13.1 Å². The lowest BCUT2D eigenvalue weighted by Crippen LogP contribution is -2.40. The third-order valence-corrected chi connectivity index (χ3v) is 11.8. The summed E-state index contributed by atoms with van der Waals surface area (Å²) in [5.41, 5.74) is 2.80. The molecule has 426 valence electrons. The summed E-state index contributed by atoms with van der Waals surface area (Å²) in [7, 11) is 2.15. The number of carboxylic acids is 1. The van der Waals surface area contributed by atoms with E-state index in [9.17, 15) is 39.5 Å². The zero-order valence-corrected chi connectivity index (χ0v) is 43.5. The van der Waals surface area contributed by atoms with Gasteiger partial charge in [-0.15, -0.1) is 56.9 Å². The van der Waals surface area contributed by atoms with E-state index in [-0.39, 0.29) is 46.7 Å². The third-order valence-electron chi connectivity index (χ3n) is 11.6. The summed E-state index contributed by atoms with van der Waals surface area (Å²) in [6, 6.07) is 17.8. The lowest BCUT2D eigenvalue weighted by atomic mass is 9.99. The van der Waals surface area contributed by atoms with Crippen LogP contribution in [0.1, 0.15) is 42.5 Å². The van der Waals surface area contributed by atoms with Gasteiger partial charge in [0.1, 0.15) is 34.1 Å². The smallest absolute Gasteiger partial charge is 0.475 e. The Labute approximate surface area is 453 Å². The average Bonchev–Trinajstić information content (AvgIpc) is 4.28. The van der Waals surface area contributed by atoms with Gasteiger partial charge in [-0.3, -0.25) is 0 Å². The molecule has 0 unspecified atom stereocenters. The second kappa shape index (κ2) is 26.1. The van der Waals surface area contributed by atoms with Gasteiger partial charge < -0.3 is 38.5 Å². The molecule has 0 saturated carbocycles. The van der Waals surface area contributed by atoms with Crippen molar-refractivity contribution >= 4 is 23.4 Å². The number of rotatable bonds is 11. The number of piperidine rings is 1. The number of nitrogens with one attached hydrogen (secondary N) is 1. The molecule has 0 amide bonds. The van der Waals surface area contributed by atoms with Gasteiger partial charge in [-0.05, 0) is 124 Å². The number of hydrogen-bond acceptors (Lipinski definition) is 18. The minimum Gasteiger partial charge on any atom is -0.475 e. The predicted molar refractivity (Wildman–Crippen MR) is 267 cm³/mol. The van der Waals surface area contributed by atoms with Crippen LogP contribution < -0.4 is 19.7 Å². The fourth-order valence-corrected chi connectivity index (χ4v) is 7.61. The zero-order valence-electron chi connectivity index (χ0n) is 42.8. The maximum Gasteiger partial charge on any atom is 0.573 e. The van der Waals surface area contributed by atoms with Crippen molar-refractivity contribution in [2.24, 2.45) is 5.92 Å². The number of carbonyl (C=O) groups is 1. The SMILES string of the molecule is CN1CCNCC1.Cc1nc(-c2nnc(-c3ccc(OC(F)(F)F)cc3)o2)nn1Cc1ccnc(Cl)c1.Cc1nc(-c2nnc(-c3ccc(OC(F)(F)F)cc3)o2)nn1Cc1ccnc(N2CCC(C)CC2)c1.O=C(O)C(F)(F)F.